The van der Waals surface area contributed by atoms with Crippen LogP contribution in [0.2, 0.25) is 10.2 Å². The van der Waals surface area contributed by atoms with Crippen LogP contribution in [0.25, 0.3) is 0 Å². The molecular formula is C9H5Cl2N3O2. The van der Waals surface area contributed by atoms with Gasteiger partial charge in [-0.05, 0) is 6.07 Å². The molecule has 2 aromatic heterocycles. The number of pyridine rings is 1. The fourth-order valence-electron chi connectivity index (χ4n) is 1.01. The van der Waals surface area contributed by atoms with Crippen molar-refractivity contribution in [2.24, 2.45) is 0 Å². The Morgan fingerprint density at radius 1 is 1.44 bits per heavy atom. The van der Waals surface area contributed by atoms with E-state index >= 15 is 0 Å². The van der Waals surface area contributed by atoms with Crippen molar-refractivity contribution < 1.29 is 9.32 Å². The van der Waals surface area contributed by atoms with E-state index in [0.29, 0.717) is 5.82 Å². The number of nitrogens with one attached hydrogen (secondary N) is 1. The summed E-state index contributed by atoms with van der Waals surface area (Å²) in [6, 6.07) is 2.94. The Labute approximate surface area is 100 Å². The molecule has 0 aromatic carbocycles. The predicted octanol–water partition coefficient (Wildman–Crippen LogP) is 2.63. The molecule has 2 aromatic rings. The Kier molecular flexibility index (Phi) is 3.07. The van der Waals surface area contributed by atoms with Gasteiger partial charge in [0.2, 0.25) is 0 Å². The molecule has 1 N–H and O–H groups in total. The molecule has 0 spiro atoms. The molecule has 0 aliphatic rings. The topological polar surface area (TPSA) is 68.0 Å². The predicted molar refractivity (Wildman–Crippen MR) is 58.7 cm³/mol. The number of hydrogen-bond donors (Lipinski definition) is 1. The Hall–Kier alpha value is -1.59. The molecule has 2 heterocycles. The molecule has 0 aliphatic heterocycles. The largest absolute Gasteiger partial charge is 0.363 e. The molecule has 1 amide bonds. The van der Waals surface area contributed by atoms with Crippen molar-refractivity contribution >= 4 is 34.9 Å². The van der Waals surface area contributed by atoms with Crippen LogP contribution < -0.4 is 5.32 Å². The van der Waals surface area contributed by atoms with Gasteiger partial charge in [-0.2, -0.15) is 0 Å². The van der Waals surface area contributed by atoms with Gasteiger partial charge in [-0.3, -0.25) is 4.79 Å². The third kappa shape index (κ3) is 2.32. The normalized spacial score (nSPS) is 10.1. The summed E-state index contributed by atoms with van der Waals surface area (Å²) >= 11 is 11.4. The molecule has 0 saturated carbocycles. The van der Waals surface area contributed by atoms with E-state index in [9.17, 15) is 4.79 Å². The minimum Gasteiger partial charge on any atom is -0.363 e. The fraction of sp³-hybridized carbons (Fsp3) is 0. The van der Waals surface area contributed by atoms with Gasteiger partial charge in [-0.15, -0.1) is 0 Å². The Bertz CT molecular complexity index is 513. The average molecular weight is 258 g/mol. The van der Waals surface area contributed by atoms with Crippen molar-refractivity contribution in [3.8, 4) is 0 Å². The minimum atomic E-state index is -0.389. The standard InChI is InChI=1S/C9H5Cl2N3O2/c10-6-3-5(4-12-8(6)11)9(15)13-7-1-2-16-14-7/h1-4H,(H,13,14,15). The molecule has 0 aliphatic carbocycles. The Morgan fingerprint density at radius 2 is 2.25 bits per heavy atom. The first kappa shape index (κ1) is 10.9. The van der Waals surface area contributed by atoms with Gasteiger partial charge in [-0.1, -0.05) is 28.4 Å². The summed E-state index contributed by atoms with van der Waals surface area (Å²) in [5.41, 5.74) is 0.289. The highest BCUT2D eigenvalue weighted by Crippen LogP contribution is 2.20. The molecule has 7 heteroatoms. The highest BCUT2D eigenvalue weighted by atomic mass is 35.5. The number of amides is 1. The van der Waals surface area contributed by atoms with Crippen LogP contribution in [0.5, 0.6) is 0 Å². The summed E-state index contributed by atoms with van der Waals surface area (Å²) < 4.78 is 4.57. The second-order valence-electron chi connectivity index (χ2n) is 2.84. The van der Waals surface area contributed by atoms with Gasteiger partial charge in [0.05, 0.1) is 10.6 Å². The number of carbonyl (C=O) groups is 1. The molecule has 2 rings (SSSR count). The van der Waals surface area contributed by atoms with Gasteiger partial charge in [0.1, 0.15) is 11.4 Å². The minimum absolute atomic E-state index is 0.152. The lowest BCUT2D eigenvalue weighted by molar-refractivity contribution is 0.102. The summed E-state index contributed by atoms with van der Waals surface area (Å²) in [6.07, 6.45) is 2.67. The molecule has 0 unspecified atom stereocenters. The number of nitrogens with zero attached hydrogens (tertiary/aromatic N) is 2. The van der Waals surface area contributed by atoms with Crippen LogP contribution in [0.15, 0.2) is 29.1 Å². The second kappa shape index (κ2) is 4.51. The van der Waals surface area contributed by atoms with Gasteiger partial charge in [0, 0.05) is 12.3 Å². The molecule has 0 radical (unpaired) electrons. The first-order valence-corrected chi connectivity index (χ1v) is 4.95. The van der Waals surface area contributed by atoms with Gasteiger partial charge in [0.25, 0.3) is 5.91 Å². The maximum absolute atomic E-state index is 11.6. The van der Waals surface area contributed by atoms with Crippen molar-refractivity contribution in [2.45, 2.75) is 0 Å². The maximum atomic E-state index is 11.6. The molecule has 5 nitrogen and oxygen atoms in total. The van der Waals surface area contributed by atoms with Gasteiger partial charge in [-0.25, -0.2) is 4.98 Å². The number of rotatable bonds is 2. The summed E-state index contributed by atoms with van der Waals surface area (Å²) in [5.74, 6) is -0.0731. The highest BCUT2D eigenvalue weighted by Gasteiger charge is 2.10. The van der Waals surface area contributed by atoms with Crippen LogP contribution >= 0.6 is 23.2 Å². The van der Waals surface area contributed by atoms with Gasteiger partial charge < -0.3 is 9.84 Å². The average Bonchev–Trinajstić information content (AvgIpc) is 2.74. The third-order valence-electron chi connectivity index (χ3n) is 1.74. The lowest BCUT2D eigenvalue weighted by atomic mass is 10.3. The van der Waals surface area contributed by atoms with Crippen LogP contribution in [-0.2, 0) is 0 Å². The monoisotopic (exact) mass is 257 g/mol. The zero-order valence-corrected chi connectivity index (χ0v) is 9.29. The van der Waals surface area contributed by atoms with E-state index in [2.05, 4.69) is 20.0 Å². The van der Waals surface area contributed by atoms with E-state index in [4.69, 9.17) is 23.2 Å². The number of carbonyl (C=O) groups excluding carboxylic acids is 1. The van der Waals surface area contributed by atoms with Crippen LogP contribution in [0.4, 0.5) is 5.82 Å². The lowest BCUT2D eigenvalue weighted by Gasteiger charge is -2.01. The fourth-order valence-corrected chi connectivity index (χ4v) is 1.28. The third-order valence-corrected chi connectivity index (χ3v) is 2.42. The Morgan fingerprint density at radius 3 is 2.88 bits per heavy atom. The number of halogens is 2. The van der Waals surface area contributed by atoms with E-state index in [1.54, 1.807) is 0 Å². The van der Waals surface area contributed by atoms with Crippen molar-refractivity contribution in [1.29, 1.82) is 0 Å². The summed E-state index contributed by atoms with van der Waals surface area (Å²) in [4.78, 5) is 15.4. The molecule has 16 heavy (non-hydrogen) atoms. The molecule has 0 bridgehead atoms. The summed E-state index contributed by atoms with van der Waals surface area (Å²) in [6.45, 7) is 0. The lowest BCUT2D eigenvalue weighted by Crippen LogP contribution is -2.12. The number of hydrogen-bond acceptors (Lipinski definition) is 4. The number of aromatic nitrogens is 2. The second-order valence-corrected chi connectivity index (χ2v) is 3.60. The van der Waals surface area contributed by atoms with Crippen molar-refractivity contribution in [1.82, 2.24) is 10.1 Å². The molecule has 0 fully saturated rings. The van der Waals surface area contributed by atoms with Crippen molar-refractivity contribution in [2.75, 3.05) is 5.32 Å². The molecular weight excluding hydrogens is 253 g/mol. The first-order valence-electron chi connectivity index (χ1n) is 4.19. The van der Waals surface area contributed by atoms with Crippen LogP contribution in [0.3, 0.4) is 0 Å². The Balaban J connectivity index is 2.18. The molecule has 0 saturated heterocycles. The molecule has 82 valence electrons. The first-order chi connectivity index (χ1) is 7.66. The summed E-state index contributed by atoms with van der Waals surface area (Å²) in [5, 5.41) is 6.40. The zero-order valence-electron chi connectivity index (χ0n) is 7.78. The van der Waals surface area contributed by atoms with Crippen LogP contribution in [0.1, 0.15) is 10.4 Å². The van der Waals surface area contributed by atoms with E-state index in [1.807, 2.05) is 0 Å². The number of anilines is 1. The highest BCUT2D eigenvalue weighted by molar-refractivity contribution is 6.41. The van der Waals surface area contributed by atoms with Crippen LogP contribution in [0, 0.1) is 0 Å². The van der Waals surface area contributed by atoms with Gasteiger partial charge >= 0.3 is 0 Å². The van der Waals surface area contributed by atoms with Gasteiger partial charge in [0.15, 0.2) is 5.82 Å². The van der Waals surface area contributed by atoms with E-state index in [1.165, 1.54) is 24.6 Å². The smallest absolute Gasteiger partial charge is 0.258 e. The van der Waals surface area contributed by atoms with E-state index < -0.39 is 0 Å². The van der Waals surface area contributed by atoms with E-state index in [-0.39, 0.29) is 21.6 Å². The maximum Gasteiger partial charge on any atom is 0.258 e. The van der Waals surface area contributed by atoms with Crippen molar-refractivity contribution in [3.63, 3.8) is 0 Å². The molecule has 0 atom stereocenters. The van der Waals surface area contributed by atoms with Crippen LogP contribution in [-0.4, -0.2) is 16.0 Å². The zero-order chi connectivity index (χ0) is 11.5. The van der Waals surface area contributed by atoms with Crippen molar-refractivity contribution in [3.05, 3.63) is 40.3 Å². The SMILES string of the molecule is O=C(Nc1ccon1)c1cnc(Cl)c(Cl)c1. The quantitative estimate of drug-likeness (QED) is 0.840. The van der Waals surface area contributed by atoms with E-state index in [0.717, 1.165) is 0 Å². The summed E-state index contributed by atoms with van der Waals surface area (Å²) in [7, 11) is 0.